The van der Waals surface area contributed by atoms with Gasteiger partial charge in [-0.25, -0.2) is 0 Å². The lowest BCUT2D eigenvalue weighted by atomic mass is 9.99. The van der Waals surface area contributed by atoms with Gasteiger partial charge < -0.3 is 11.1 Å². The smallest absolute Gasteiger partial charge is 0.242 e. The van der Waals surface area contributed by atoms with Crippen molar-refractivity contribution >= 4 is 11.7 Å². The van der Waals surface area contributed by atoms with E-state index in [2.05, 4.69) is 15.5 Å². The van der Waals surface area contributed by atoms with E-state index in [1.165, 1.54) is 0 Å². The minimum atomic E-state index is -0.480. The van der Waals surface area contributed by atoms with Gasteiger partial charge in [-0.2, -0.15) is 5.10 Å². The van der Waals surface area contributed by atoms with Crippen molar-refractivity contribution in [3.05, 3.63) is 11.8 Å². The van der Waals surface area contributed by atoms with Gasteiger partial charge in [0.15, 0.2) is 5.82 Å². The lowest BCUT2D eigenvalue weighted by Gasteiger charge is -2.16. The summed E-state index contributed by atoms with van der Waals surface area (Å²) in [7, 11) is 0. The molecule has 0 saturated carbocycles. The van der Waals surface area contributed by atoms with Crippen LogP contribution in [0.2, 0.25) is 0 Å². The first kappa shape index (κ1) is 11.7. The molecule has 1 aromatic rings. The highest BCUT2D eigenvalue weighted by atomic mass is 16.2. The molecule has 1 aromatic heterocycles. The Hall–Kier alpha value is -1.36. The second-order valence-corrected chi connectivity index (χ2v) is 3.84. The minimum Gasteiger partial charge on any atom is -0.320 e. The molecule has 0 saturated heterocycles. The molecule has 2 atom stereocenters. The lowest BCUT2D eigenvalue weighted by Crippen LogP contribution is -2.40. The molecule has 84 valence electrons. The number of carbonyl (C=O) groups is 1. The summed E-state index contributed by atoms with van der Waals surface area (Å²) in [6, 6.07) is 1.29. The highest BCUT2D eigenvalue weighted by Gasteiger charge is 2.19. The number of aryl methyl sites for hydroxylation is 1. The van der Waals surface area contributed by atoms with Crippen LogP contribution in [0.25, 0.3) is 0 Å². The molecule has 0 radical (unpaired) electrons. The van der Waals surface area contributed by atoms with Gasteiger partial charge in [-0.1, -0.05) is 20.3 Å². The van der Waals surface area contributed by atoms with Crippen molar-refractivity contribution in [2.45, 2.75) is 33.2 Å². The topological polar surface area (TPSA) is 83.8 Å². The first-order chi connectivity index (χ1) is 7.04. The van der Waals surface area contributed by atoms with Crippen LogP contribution in [0.5, 0.6) is 0 Å². The Morgan fingerprint density at radius 3 is 2.87 bits per heavy atom. The number of anilines is 1. The first-order valence-corrected chi connectivity index (χ1v) is 5.13. The van der Waals surface area contributed by atoms with Gasteiger partial charge in [0, 0.05) is 11.8 Å². The van der Waals surface area contributed by atoms with Gasteiger partial charge in [-0.05, 0) is 12.8 Å². The number of nitrogens with two attached hydrogens (primary N) is 1. The van der Waals surface area contributed by atoms with Crippen LogP contribution in [-0.4, -0.2) is 22.1 Å². The van der Waals surface area contributed by atoms with Gasteiger partial charge in [0.05, 0.1) is 6.04 Å². The molecule has 1 rings (SSSR count). The fourth-order valence-corrected chi connectivity index (χ4v) is 1.20. The summed E-state index contributed by atoms with van der Waals surface area (Å²) in [6.45, 7) is 5.84. The molecule has 0 aromatic carbocycles. The fourth-order valence-electron chi connectivity index (χ4n) is 1.20. The van der Waals surface area contributed by atoms with E-state index in [4.69, 9.17) is 5.73 Å². The zero-order chi connectivity index (χ0) is 11.4. The largest absolute Gasteiger partial charge is 0.320 e. The molecule has 1 unspecified atom stereocenters. The Morgan fingerprint density at radius 1 is 1.73 bits per heavy atom. The van der Waals surface area contributed by atoms with Crippen LogP contribution in [0.4, 0.5) is 5.82 Å². The molecule has 1 amide bonds. The zero-order valence-corrected chi connectivity index (χ0v) is 9.37. The van der Waals surface area contributed by atoms with Crippen molar-refractivity contribution in [1.82, 2.24) is 10.2 Å². The molecule has 5 nitrogen and oxygen atoms in total. The maximum atomic E-state index is 11.6. The van der Waals surface area contributed by atoms with Crippen molar-refractivity contribution < 1.29 is 4.79 Å². The van der Waals surface area contributed by atoms with Gasteiger partial charge in [0.2, 0.25) is 5.91 Å². The third-order valence-corrected chi connectivity index (χ3v) is 2.52. The molecule has 5 heteroatoms. The number of amides is 1. The van der Waals surface area contributed by atoms with E-state index in [1.807, 2.05) is 20.8 Å². The van der Waals surface area contributed by atoms with E-state index in [0.717, 1.165) is 12.1 Å². The fraction of sp³-hybridized carbons (Fsp3) is 0.600. The Labute approximate surface area is 89.4 Å². The van der Waals surface area contributed by atoms with Crippen molar-refractivity contribution in [1.29, 1.82) is 0 Å². The number of nitrogens with one attached hydrogen (secondary N) is 2. The van der Waals surface area contributed by atoms with Gasteiger partial charge >= 0.3 is 0 Å². The Balaban J connectivity index is 2.55. The number of aromatic amines is 1. The maximum Gasteiger partial charge on any atom is 0.242 e. The standard InChI is InChI=1S/C10H18N4O/c1-4-6(2)9(11)10(15)12-8-5-7(3)13-14-8/h5-6,9H,4,11H2,1-3H3,(H2,12,13,14,15)/t6?,9-/m0/s1. The van der Waals surface area contributed by atoms with Crippen molar-refractivity contribution in [2.75, 3.05) is 5.32 Å². The summed E-state index contributed by atoms with van der Waals surface area (Å²) >= 11 is 0. The zero-order valence-electron chi connectivity index (χ0n) is 9.37. The summed E-state index contributed by atoms with van der Waals surface area (Å²) in [4.78, 5) is 11.6. The predicted octanol–water partition coefficient (Wildman–Crippen LogP) is 1.03. The number of rotatable bonds is 4. The van der Waals surface area contributed by atoms with Crippen LogP contribution in [0, 0.1) is 12.8 Å². The van der Waals surface area contributed by atoms with Gasteiger partial charge in [0.1, 0.15) is 0 Å². The van der Waals surface area contributed by atoms with Crippen LogP contribution in [0.3, 0.4) is 0 Å². The van der Waals surface area contributed by atoms with E-state index in [0.29, 0.717) is 5.82 Å². The Kier molecular flexibility index (Phi) is 3.85. The quantitative estimate of drug-likeness (QED) is 0.694. The number of carbonyl (C=O) groups excluding carboxylic acids is 1. The minimum absolute atomic E-state index is 0.171. The molecule has 0 spiro atoms. The Bertz CT molecular complexity index is 334. The second kappa shape index (κ2) is 4.93. The molecule has 4 N–H and O–H groups in total. The van der Waals surface area contributed by atoms with Crippen LogP contribution in [0.1, 0.15) is 26.0 Å². The van der Waals surface area contributed by atoms with E-state index in [1.54, 1.807) is 6.07 Å². The van der Waals surface area contributed by atoms with E-state index < -0.39 is 6.04 Å². The van der Waals surface area contributed by atoms with Gasteiger partial charge in [-0.3, -0.25) is 9.89 Å². The number of hydrogen-bond donors (Lipinski definition) is 3. The highest BCUT2D eigenvalue weighted by Crippen LogP contribution is 2.09. The summed E-state index contributed by atoms with van der Waals surface area (Å²) in [5, 5.41) is 9.33. The third kappa shape index (κ3) is 3.06. The van der Waals surface area contributed by atoms with Crippen molar-refractivity contribution in [2.24, 2.45) is 11.7 Å². The average molecular weight is 210 g/mol. The highest BCUT2D eigenvalue weighted by molar-refractivity contribution is 5.94. The van der Waals surface area contributed by atoms with Crippen LogP contribution in [0.15, 0.2) is 6.07 Å². The number of nitrogens with zero attached hydrogens (tertiary/aromatic N) is 1. The number of aromatic nitrogens is 2. The van der Waals surface area contributed by atoms with Crippen LogP contribution >= 0.6 is 0 Å². The maximum absolute atomic E-state index is 11.6. The molecule has 0 aliphatic carbocycles. The average Bonchev–Trinajstić information content (AvgIpc) is 2.61. The molecular formula is C10H18N4O. The van der Waals surface area contributed by atoms with Crippen molar-refractivity contribution in [3.8, 4) is 0 Å². The predicted molar refractivity (Wildman–Crippen MR) is 59.4 cm³/mol. The van der Waals surface area contributed by atoms with Crippen LogP contribution in [-0.2, 0) is 4.79 Å². The third-order valence-electron chi connectivity index (χ3n) is 2.52. The number of H-pyrrole nitrogens is 1. The normalized spacial score (nSPS) is 14.7. The molecule has 0 bridgehead atoms. The lowest BCUT2D eigenvalue weighted by molar-refractivity contribution is -0.118. The Morgan fingerprint density at radius 2 is 2.40 bits per heavy atom. The molecule has 1 heterocycles. The van der Waals surface area contributed by atoms with Gasteiger partial charge in [0.25, 0.3) is 0 Å². The first-order valence-electron chi connectivity index (χ1n) is 5.13. The SMILES string of the molecule is CCC(C)[C@H](N)C(=O)Nc1cc(C)[nH]n1. The summed E-state index contributed by atoms with van der Waals surface area (Å²) < 4.78 is 0. The molecule has 0 fully saturated rings. The summed E-state index contributed by atoms with van der Waals surface area (Å²) in [5.41, 5.74) is 6.68. The van der Waals surface area contributed by atoms with E-state index >= 15 is 0 Å². The molecule has 15 heavy (non-hydrogen) atoms. The van der Waals surface area contributed by atoms with Crippen LogP contribution < -0.4 is 11.1 Å². The van der Waals surface area contributed by atoms with Gasteiger partial charge in [-0.15, -0.1) is 0 Å². The molecule has 0 aliphatic rings. The number of hydrogen-bond acceptors (Lipinski definition) is 3. The summed E-state index contributed by atoms with van der Waals surface area (Å²) in [6.07, 6.45) is 0.883. The monoisotopic (exact) mass is 210 g/mol. The molecule has 0 aliphatic heterocycles. The summed E-state index contributed by atoms with van der Waals surface area (Å²) in [5.74, 6) is 0.511. The van der Waals surface area contributed by atoms with E-state index in [9.17, 15) is 4.79 Å². The second-order valence-electron chi connectivity index (χ2n) is 3.84. The van der Waals surface area contributed by atoms with E-state index in [-0.39, 0.29) is 11.8 Å². The van der Waals surface area contributed by atoms with Crippen molar-refractivity contribution in [3.63, 3.8) is 0 Å². The molecular weight excluding hydrogens is 192 g/mol.